The lowest BCUT2D eigenvalue weighted by Gasteiger charge is -2.16. The van der Waals surface area contributed by atoms with Crippen LogP contribution in [0.5, 0.6) is 0 Å². The van der Waals surface area contributed by atoms with Crippen LogP contribution >= 0.6 is 0 Å². The topological polar surface area (TPSA) is 66.4 Å². The van der Waals surface area contributed by atoms with Crippen molar-refractivity contribution >= 4 is 11.9 Å². The first kappa shape index (κ1) is 14.9. The minimum atomic E-state index is -1.04. The Bertz CT molecular complexity index is 490. The molecular weight excluding hydrogens is 249 g/mol. The van der Waals surface area contributed by atoms with Crippen LogP contribution in [-0.4, -0.2) is 17.0 Å². The quantitative estimate of drug-likeness (QED) is 0.803. The minimum absolute atomic E-state index is 0.256. The molecule has 0 saturated carbocycles. The van der Waals surface area contributed by atoms with Crippen molar-refractivity contribution in [2.75, 3.05) is 0 Å². The van der Waals surface area contributed by atoms with Gasteiger partial charge in [0, 0.05) is 6.08 Å². The Morgan fingerprint density at radius 3 is 2.37 bits per heavy atom. The Hall–Kier alpha value is -2.17. The molecule has 0 aromatic heterocycles. The zero-order valence-electron chi connectivity index (χ0n) is 10.8. The molecule has 1 unspecified atom stereocenters. The first-order valence-electron chi connectivity index (χ1n) is 5.81. The molecule has 0 aliphatic carbocycles. The molecular formula is C14H16FNO3. The number of hydrogen-bond acceptors (Lipinski definition) is 2. The number of halogens is 1. The molecule has 0 fully saturated rings. The van der Waals surface area contributed by atoms with E-state index in [1.165, 1.54) is 30.3 Å². The van der Waals surface area contributed by atoms with Gasteiger partial charge in [-0.2, -0.15) is 0 Å². The number of carbonyl (C=O) groups is 2. The van der Waals surface area contributed by atoms with Crippen molar-refractivity contribution in [1.29, 1.82) is 0 Å². The van der Waals surface area contributed by atoms with Gasteiger partial charge >= 0.3 is 5.97 Å². The second kappa shape index (κ2) is 6.68. The highest BCUT2D eigenvalue weighted by molar-refractivity contribution is 5.88. The summed E-state index contributed by atoms with van der Waals surface area (Å²) in [6.07, 6.45) is 1.13. The summed E-state index contributed by atoms with van der Waals surface area (Å²) < 4.78 is 12.8. The van der Waals surface area contributed by atoms with Crippen molar-refractivity contribution in [3.63, 3.8) is 0 Å². The van der Waals surface area contributed by atoms with Crippen LogP contribution in [0.2, 0.25) is 0 Å². The SMILES string of the molecule is CC(C)=CC(=O)NC(CC(=O)O)c1ccc(F)cc1. The number of amides is 1. The van der Waals surface area contributed by atoms with E-state index in [2.05, 4.69) is 5.32 Å². The molecule has 1 aromatic carbocycles. The standard InChI is InChI=1S/C14H16FNO3/c1-9(2)7-13(17)16-12(8-14(18)19)10-3-5-11(15)6-4-10/h3-7,12H,8H2,1-2H3,(H,16,17)(H,18,19). The van der Waals surface area contributed by atoms with Gasteiger partial charge in [-0.05, 0) is 31.5 Å². The van der Waals surface area contributed by atoms with Crippen LogP contribution in [0.15, 0.2) is 35.9 Å². The summed E-state index contributed by atoms with van der Waals surface area (Å²) in [5.41, 5.74) is 1.37. The molecule has 1 amide bonds. The van der Waals surface area contributed by atoms with Crippen molar-refractivity contribution in [2.45, 2.75) is 26.3 Å². The predicted octanol–water partition coefficient (Wildman–Crippen LogP) is 2.42. The molecule has 0 radical (unpaired) electrons. The molecule has 102 valence electrons. The van der Waals surface area contributed by atoms with E-state index in [-0.39, 0.29) is 12.3 Å². The fourth-order valence-corrected chi connectivity index (χ4v) is 1.60. The molecule has 4 nitrogen and oxygen atoms in total. The van der Waals surface area contributed by atoms with Gasteiger partial charge in [-0.1, -0.05) is 17.7 Å². The molecule has 0 bridgehead atoms. The Kier molecular flexibility index (Phi) is 5.23. The molecule has 0 heterocycles. The van der Waals surface area contributed by atoms with Gasteiger partial charge in [0.05, 0.1) is 12.5 Å². The average molecular weight is 265 g/mol. The minimum Gasteiger partial charge on any atom is -0.481 e. The van der Waals surface area contributed by atoms with Crippen molar-refractivity contribution in [3.8, 4) is 0 Å². The van der Waals surface area contributed by atoms with Crippen molar-refractivity contribution < 1.29 is 19.1 Å². The van der Waals surface area contributed by atoms with Gasteiger partial charge in [0.15, 0.2) is 0 Å². The third-order valence-electron chi connectivity index (χ3n) is 2.39. The van der Waals surface area contributed by atoms with Crippen molar-refractivity contribution in [2.24, 2.45) is 0 Å². The number of hydrogen-bond donors (Lipinski definition) is 2. The van der Waals surface area contributed by atoms with Crippen LogP contribution in [0.3, 0.4) is 0 Å². The predicted molar refractivity (Wildman–Crippen MR) is 69.0 cm³/mol. The summed E-state index contributed by atoms with van der Waals surface area (Å²) in [5.74, 6) is -1.81. The Balaban J connectivity index is 2.89. The molecule has 1 rings (SSSR count). The lowest BCUT2D eigenvalue weighted by Crippen LogP contribution is -2.28. The van der Waals surface area contributed by atoms with E-state index >= 15 is 0 Å². The zero-order chi connectivity index (χ0) is 14.4. The smallest absolute Gasteiger partial charge is 0.305 e. The summed E-state index contributed by atoms with van der Waals surface area (Å²) in [4.78, 5) is 22.4. The maximum absolute atomic E-state index is 12.8. The van der Waals surface area contributed by atoms with Gasteiger partial charge < -0.3 is 10.4 Å². The van der Waals surface area contributed by atoms with Gasteiger partial charge in [-0.3, -0.25) is 9.59 Å². The summed E-state index contributed by atoms with van der Waals surface area (Å²) in [6, 6.07) is 4.72. The van der Waals surface area contributed by atoms with Crippen molar-refractivity contribution in [1.82, 2.24) is 5.32 Å². The number of carboxylic acids is 1. The first-order valence-corrected chi connectivity index (χ1v) is 5.81. The van der Waals surface area contributed by atoms with E-state index in [1.54, 1.807) is 13.8 Å². The molecule has 0 aliphatic heterocycles. The van der Waals surface area contributed by atoms with Gasteiger partial charge in [0.25, 0.3) is 0 Å². The van der Waals surface area contributed by atoms with Crippen molar-refractivity contribution in [3.05, 3.63) is 47.3 Å². The lowest BCUT2D eigenvalue weighted by molar-refractivity contribution is -0.137. The summed E-state index contributed by atoms with van der Waals surface area (Å²) in [6.45, 7) is 3.54. The second-order valence-corrected chi connectivity index (χ2v) is 4.43. The number of carboxylic acid groups (broad SMARTS) is 1. The van der Waals surface area contributed by atoms with E-state index in [0.717, 1.165) is 5.57 Å². The van der Waals surface area contributed by atoms with Gasteiger partial charge in [-0.25, -0.2) is 4.39 Å². The second-order valence-electron chi connectivity index (χ2n) is 4.43. The van der Waals surface area contributed by atoms with Crippen LogP contribution < -0.4 is 5.32 Å². The molecule has 2 N–H and O–H groups in total. The molecule has 0 aliphatic rings. The van der Waals surface area contributed by atoms with E-state index < -0.39 is 17.8 Å². The summed E-state index contributed by atoms with van der Waals surface area (Å²) in [7, 11) is 0. The molecule has 5 heteroatoms. The first-order chi connectivity index (χ1) is 8.88. The van der Waals surface area contributed by atoms with E-state index in [0.29, 0.717) is 5.56 Å². The third-order valence-corrected chi connectivity index (χ3v) is 2.39. The number of nitrogens with one attached hydrogen (secondary N) is 1. The van der Waals surface area contributed by atoms with Crippen LogP contribution in [0.25, 0.3) is 0 Å². The fraction of sp³-hybridized carbons (Fsp3) is 0.286. The van der Waals surface area contributed by atoms with Gasteiger partial charge in [-0.15, -0.1) is 0 Å². The Morgan fingerprint density at radius 1 is 1.32 bits per heavy atom. The molecule has 1 aromatic rings. The number of benzene rings is 1. The Morgan fingerprint density at radius 2 is 1.89 bits per heavy atom. The highest BCUT2D eigenvalue weighted by Gasteiger charge is 2.17. The third kappa shape index (κ3) is 5.33. The normalized spacial score (nSPS) is 11.5. The number of rotatable bonds is 5. The maximum atomic E-state index is 12.8. The highest BCUT2D eigenvalue weighted by Crippen LogP contribution is 2.17. The summed E-state index contributed by atoms with van der Waals surface area (Å²) >= 11 is 0. The average Bonchev–Trinajstić information content (AvgIpc) is 2.27. The summed E-state index contributed by atoms with van der Waals surface area (Å²) in [5, 5.41) is 11.5. The Labute approximate surface area is 110 Å². The fourth-order valence-electron chi connectivity index (χ4n) is 1.60. The number of carbonyl (C=O) groups excluding carboxylic acids is 1. The maximum Gasteiger partial charge on any atom is 0.305 e. The lowest BCUT2D eigenvalue weighted by atomic mass is 10.0. The van der Waals surface area contributed by atoms with Crippen LogP contribution in [0.1, 0.15) is 31.9 Å². The molecule has 1 atom stereocenters. The van der Waals surface area contributed by atoms with E-state index in [1.807, 2.05) is 0 Å². The number of allylic oxidation sites excluding steroid dienone is 1. The molecule has 0 spiro atoms. The molecule has 0 saturated heterocycles. The monoisotopic (exact) mass is 265 g/mol. The molecule has 19 heavy (non-hydrogen) atoms. The van der Waals surface area contributed by atoms with E-state index in [4.69, 9.17) is 5.11 Å². The van der Waals surface area contributed by atoms with Gasteiger partial charge in [0.2, 0.25) is 5.91 Å². The zero-order valence-corrected chi connectivity index (χ0v) is 10.8. The largest absolute Gasteiger partial charge is 0.481 e. The van der Waals surface area contributed by atoms with E-state index in [9.17, 15) is 14.0 Å². The number of aliphatic carboxylic acids is 1. The van der Waals surface area contributed by atoms with Crippen LogP contribution in [0.4, 0.5) is 4.39 Å². The highest BCUT2D eigenvalue weighted by atomic mass is 19.1. The van der Waals surface area contributed by atoms with Gasteiger partial charge in [0.1, 0.15) is 5.82 Å². The van der Waals surface area contributed by atoms with Crippen LogP contribution in [0, 0.1) is 5.82 Å². The van der Waals surface area contributed by atoms with Crippen LogP contribution in [-0.2, 0) is 9.59 Å².